The Morgan fingerprint density at radius 3 is 2.62 bits per heavy atom. The van der Waals surface area contributed by atoms with Crippen LogP contribution in [-0.2, 0) is 0 Å². The fraction of sp³-hybridized carbons (Fsp3) is 0.0714. The summed E-state index contributed by atoms with van der Waals surface area (Å²) < 4.78 is 18.5. The maximum atomic E-state index is 13.6. The van der Waals surface area contributed by atoms with E-state index in [9.17, 15) is 14.0 Å². The Hall–Kier alpha value is -2.96. The van der Waals surface area contributed by atoms with E-state index in [1.54, 1.807) is 0 Å². The van der Waals surface area contributed by atoms with E-state index in [2.05, 4.69) is 10.3 Å². The van der Waals surface area contributed by atoms with Gasteiger partial charge in [-0.15, -0.1) is 0 Å². The highest BCUT2D eigenvalue weighted by atomic mass is 19.1. The van der Waals surface area contributed by atoms with Gasteiger partial charge in [-0.25, -0.2) is 14.2 Å². The number of halogens is 1. The third-order valence-electron chi connectivity index (χ3n) is 2.62. The molecule has 0 fully saturated rings. The Morgan fingerprint density at radius 1 is 1.24 bits per heavy atom. The van der Waals surface area contributed by atoms with Gasteiger partial charge >= 0.3 is 5.97 Å². The summed E-state index contributed by atoms with van der Waals surface area (Å²) in [5.74, 6) is -2.24. The molecule has 2 rings (SSSR count). The smallest absolute Gasteiger partial charge is 0.354 e. The van der Waals surface area contributed by atoms with Gasteiger partial charge in [0.05, 0.1) is 12.8 Å². The standard InChI is InChI=1S/C14H11FN2O4/c1-21-8-5-6-9(15)12(7-8)17-13(18)10-3-2-4-11(16-10)14(19)20/h2-7H,1H3,(H,17,18)(H,19,20). The van der Waals surface area contributed by atoms with Crippen molar-refractivity contribution in [1.29, 1.82) is 0 Å². The van der Waals surface area contributed by atoms with E-state index in [0.717, 1.165) is 6.07 Å². The number of rotatable bonds is 4. The number of amides is 1. The van der Waals surface area contributed by atoms with E-state index in [1.807, 2.05) is 0 Å². The number of ether oxygens (including phenoxy) is 1. The molecule has 0 aliphatic carbocycles. The third-order valence-corrected chi connectivity index (χ3v) is 2.62. The predicted octanol–water partition coefficient (Wildman–Crippen LogP) is 2.18. The zero-order chi connectivity index (χ0) is 15.4. The fourth-order valence-corrected chi connectivity index (χ4v) is 1.59. The normalized spacial score (nSPS) is 10.0. The van der Waals surface area contributed by atoms with Gasteiger partial charge in [-0.3, -0.25) is 4.79 Å². The lowest BCUT2D eigenvalue weighted by Crippen LogP contribution is -2.16. The molecule has 7 heteroatoms. The Bertz CT molecular complexity index is 703. The molecule has 0 atom stereocenters. The van der Waals surface area contributed by atoms with E-state index < -0.39 is 17.7 Å². The van der Waals surface area contributed by atoms with Crippen LogP contribution in [0.4, 0.5) is 10.1 Å². The summed E-state index contributed by atoms with van der Waals surface area (Å²) in [4.78, 5) is 26.4. The quantitative estimate of drug-likeness (QED) is 0.901. The Labute approximate surface area is 119 Å². The highest BCUT2D eigenvalue weighted by Gasteiger charge is 2.13. The average Bonchev–Trinajstić information content (AvgIpc) is 2.49. The minimum Gasteiger partial charge on any atom is -0.497 e. The van der Waals surface area contributed by atoms with Gasteiger partial charge in [-0.1, -0.05) is 6.07 Å². The number of benzene rings is 1. The van der Waals surface area contributed by atoms with Crippen LogP contribution >= 0.6 is 0 Å². The molecule has 0 aliphatic rings. The van der Waals surface area contributed by atoms with Crippen molar-refractivity contribution >= 4 is 17.6 Å². The van der Waals surface area contributed by atoms with E-state index in [4.69, 9.17) is 9.84 Å². The summed E-state index contributed by atoms with van der Waals surface area (Å²) in [7, 11) is 1.41. The molecule has 108 valence electrons. The minimum atomic E-state index is -1.25. The fourth-order valence-electron chi connectivity index (χ4n) is 1.59. The molecular weight excluding hydrogens is 279 g/mol. The Morgan fingerprint density at radius 2 is 1.95 bits per heavy atom. The van der Waals surface area contributed by atoms with Crippen LogP contribution in [-0.4, -0.2) is 29.1 Å². The number of nitrogens with one attached hydrogen (secondary N) is 1. The maximum absolute atomic E-state index is 13.6. The average molecular weight is 290 g/mol. The first kappa shape index (κ1) is 14.4. The summed E-state index contributed by atoms with van der Waals surface area (Å²) in [6.07, 6.45) is 0. The number of carbonyl (C=O) groups excluding carboxylic acids is 1. The van der Waals surface area contributed by atoms with Crippen LogP contribution in [0.15, 0.2) is 36.4 Å². The number of hydrogen-bond acceptors (Lipinski definition) is 4. The Kier molecular flexibility index (Phi) is 4.13. The van der Waals surface area contributed by atoms with E-state index in [0.29, 0.717) is 5.75 Å². The van der Waals surface area contributed by atoms with Crippen molar-refractivity contribution in [2.45, 2.75) is 0 Å². The molecule has 1 aromatic carbocycles. The topological polar surface area (TPSA) is 88.5 Å². The molecule has 21 heavy (non-hydrogen) atoms. The number of aromatic carboxylic acids is 1. The summed E-state index contributed by atoms with van der Waals surface area (Å²) in [6.45, 7) is 0. The van der Waals surface area contributed by atoms with Crippen molar-refractivity contribution in [3.05, 3.63) is 53.6 Å². The van der Waals surface area contributed by atoms with Crippen molar-refractivity contribution in [2.75, 3.05) is 12.4 Å². The summed E-state index contributed by atoms with van der Waals surface area (Å²) >= 11 is 0. The molecule has 0 spiro atoms. The molecule has 0 aliphatic heterocycles. The molecule has 0 unspecified atom stereocenters. The molecule has 1 aromatic heterocycles. The Balaban J connectivity index is 2.25. The molecule has 0 bridgehead atoms. The first-order valence-electron chi connectivity index (χ1n) is 5.86. The number of nitrogens with zero attached hydrogens (tertiary/aromatic N) is 1. The van der Waals surface area contributed by atoms with Crippen LogP contribution in [0.25, 0.3) is 0 Å². The molecule has 0 saturated heterocycles. The van der Waals surface area contributed by atoms with Crippen molar-refractivity contribution in [3.8, 4) is 5.75 Å². The molecule has 2 N–H and O–H groups in total. The van der Waals surface area contributed by atoms with Crippen LogP contribution in [0.2, 0.25) is 0 Å². The minimum absolute atomic E-state index is 0.0816. The molecule has 1 amide bonds. The molecule has 6 nitrogen and oxygen atoms in total. The van der Waals surface area contributed by atoms with Crippen molar-refractivity contribution in [1.82, 2.24) is 4.98 Å². The van der Waals surface area contributed by atoms with Gasteiger partial charge in [-0.05, 0) is 24.3 Å². The lowest BCUT2D eigenvalue weighted by Gasteiger charge is -2.08. The first-order valence-corrected chi connectivity index (χ1v) is 5.86. The van der Waals surface area contributed by atoms with Gasteiger partial charge in [-0.2, -0.15) is 0 Å². The number of anilines is 1. The van der Waals surface area contributed by atoms with E-state index in [1.165, 1.54) is 37.4 Å². The van der Waals surface area contributed by atoms with E-state index in [-0.39, 0.29) is 17.1 Å². The molecular formula is C14H11FN2O4. The lowest BCUT2D eigenvalue weighted by molar-refractivity contribution is 0.0690. The monoisotopic (exact) mass is 290 g/mol. The molecule has 0 saturated carbocycles. The van der Waals surface area contributed by atoms with Crippen LogP contribution in [0.1, 0.15) is 21.0 Å². The highest BCUT2D eigenvalue weighted by molar-refractivity contribution is 6.03. The zero-order valence-electron chi connectivity index (χ0n) is 11.0. The SMILES string of the molecule is COc1ccc(F)c(NC(=O)c2cccc(C(=O)O)n2)c1. The number of aromatic nitrogens is 1. The largest absolute Gasteiger partial charge is 0.497 e. The first-order chi connectivity index (χ1) is 10.0. The van der Waals surface area contributed by atoms with Gasteiger partial charge < -0.3 is 15.2 Å². The maximum Gasteiger partial charge on any atom is 0.354 e. The second-order valence-electron chi connectivity index (χ2n) is 4.01. The van der Waals surface area contributed by atoms with Crippen molar-refractivity contribution < 1.29 is 23.8 Å². The van der Waals surface area contributed by atoms with Crippen LogP contribution < -0.4 is 10.1 Å². The highest BCUT2D eigenvalue weighted by Crippen LogP contribution is 2.21. The van der Waals surface area contributed by atoms with E-state index >= 15 is 0 Å². The van der Waals surface area contributed by atoms with Crippen molar-refractivity contribution in [2.24, 2.45) is 0 Å². The lowest BCUT2D eigenvalue weighted by atomic mass is 10.2. The second kappa shape index (κ2) is 6.00. The van der Waals surface area contributed by atoms with Gasteiger partial charge in [0, 0.05) is 6.07 Å². The summed E-state index contributed by atoms with van der Waals surface area (Å²) in [5.41, 5.74) is -0.479. The number of hydrogen-bond donors (Lipinski definition) is 2. The van der Waals surface area contributed by atoms with Crippen LogP contribution in [0.3, 0.4) is 0 Å². The molecule has 1 heterocycles. The van der Waals surface area contributed by atoms with Crippen LogP contribution in [0.5, 0.6) is 5.75 Å². The van der Waals surface area contributed by atoms with Crippen LogP contribution in [0, 0.1) is 5.82 Å². The number of carboxylic acid groups (broad SMARTS) is 1. The number of carbonyl (C=O) groups is 2. The van der Waals surface area contributed by atoms with Gasteiger partial charge in [0.1, 0.15) is 23.0 Å². The molecule has 0 radical (unpaired) electrons. The summed E-state index contributed by atoms with van der Waals surface area (Å²) in [6, 6.07) is 7.84. The number of carboxylic acids is 1. The molecule has 2 aromatic rings. The third kappa shape index (κ3) is 3.33. The van der Waals surface area contributed by atoms with Gasteiger partial charge in [0.15, 0.2) is 0 Å². The zero-order valence-corrected chi connectivity index (χ0v) is 11.0. The second-order valence-corrected chi connectivity index (χ2v) is 4.01. The number of methoxy groups -OCH3 is 1. The summed E-state index contributed by atoms with van der Waals surface area (Å²) in [5, 5.41) is 11.1. The van der Waals surface area contributed by atoms with Gasteiger partial charge in [0.2, 0.25) is 0 Å². The van der Waals surface area contributed by atoms with Gasteiger partial charge in [0.25, 0.3) is 5.91 Å². The van der Waals surface area contributed by atoms with Crippen molar-refractivity contribution in [3.63, 3.8) is 0 Å². The predicted molar refractivity (Wildman–Crippen MR) is 72.1 cm³/mol. The number of pyridine rings is 1.